The molecule has 1 heterocycles. The van der Waals surface area contributed by atoms with E-state index in [4.69, 9.17) is 0 Å². The molecule has 0 fully saturated rings. The van der Waals surface area contributed by atoms with Gasteiger partial charge in [-0.25, -0.2) is 0 Å². The Labute approximate surface area is 110 Å². The molecule has 0 saturated heterocycles. The van der Waals surface area contributed by atoms with Gasteiger partial charge in [0.2, 0.25) is 5.91 Å². The van der Waals surface area contributed by atoms with Gasteiger partial charge in [-0.15, -0.1) is 11.8 Å². The number of likely N-dealkylation sites (N-methyl/N-ethyl adjacent to an activating group) is 1. The van der Waals surface area contributed by atoms with E-state index in [-0.39, 0.29) is 33.0 Å². The van der Waals surface area contributed by atoms with E-state index in [9.17, 15) is 4.79 Å². The Balaban J connectivity index is 2.33. The lowest BCUT2D eigenvalue weighted by molar-refractivity contribution is -0.119. The molecule has 0 aromatic heterocycles. The molecule has 3 nitrogen and oxygen atoms in total. The summed E-state index contributed by atoms with van der Waals surface area (Å²) in [7, 11) is 1.84. The SMILES string of the molecule is C=INC1CSc2ccccc2N(C)C1=O. The fourth-order valence-corrected chi connectivity index (χ4v) is 4.04. The minimum atomic E-state index is -0.314. The molecule has 0 spiro atoms. The molecule has 0 bridgehead atoms. The molecule has 1 amide bonds. The molecular weight excluding hydrogens is 335 g/mol. The van der Waals surface area contributed by atoms with Crippen LogP contribution in [0.3, 0.4) is 0 Å². The molecule has 1 aromatic carbocycles. The Morgan fingerprint density at radius 3 is 3.06 bits per heavy atom. The molecule has 1 aliphatic heterocycles. The van der Waals surface area contributed by atoms with E-state index < -0.39 is 0 Å². The third-order valence-corrected chi connectivity index (χ3v) is 4.82. The standard InChI is InChI=1S/C11H13IN2OS/c1-12-13-8-7-16-10-6-4-3-5-9(10)14(2)11(8)15/h3-6,8,13H,1,7H2,2H3. The monoisotopic (exact) mass is 348 g/mol. The van der Waals surface area contributed by atoms with Crippen LogP contribution in [0.15, 0.2) is 29.2 Å². The Kier molecular flexibility index (Phi) is 3.99. The second kappa shape index (κ2) is 5.29. The molecule has 86 valence electrons. The molecule has 1 aromatic rings. The lowest BCUT2D eigenvalue weighted by Gasteiger charge is -2.20. The molecule has 1 atom stereocenters. The van der Waals surface area contributed by atoms with Crippen molar-refractivity contribution >= 4 is 48.9 Å². The fourth-order valence-electron chi connectivity index (χ4n) is 1.62. The minimum absolute atomic E-state index is 0.0901. The van der Waals surface area contributed by atoms with E-state index in [0.717, 1.165) is 11.4 Å². The van der Waals surface area contributed by atoms with E-state index in [0.29, 0.717) is 0 Å². The maximum Gasteiger partial charge on any atom is 0.245 e. The lowest BCUT2D eigenvalue weighted by Crippen LogP contribution is -2.42. The number of para-hydroxylation sites is 1. The number of nitrogens with one attached hydrogen (secondary N) is 1. The molecule has 1 aliphatic rings. The second-order valence-corrected chi connectivity index (χ2v) is 5.92. The first kappa shape index (κ1) is 12.1. The number of halogens is 1. The highest BCUT2D eigenvalue weighted by atomic mass is 127. The number of fused-ring (bicyclic) bond motifs is 1. The minimum Gasteiger partial charge on any atom is -0.313 e. The summed E-state index contributed by atoms with van der Waals surface area (Å²) >= 11 is 1.42. The molecule has 1 unspecified atom stereocenters. The van der Waals surface area contributed by atoms with Crippen LogP contribution in [0.25, 0.3) is 0 Å². The Hall–Kier alpha value is -0.400. The number of hydrogen-bond acceptors (Lipinski definition) is 3. The van der Waals surface area contributed by atoms with Gasteiger partial charge in [-0.3, -0.25) is 8.32 Å². The molecule has 0 saturated carbocycles. The molecular formula is C11H13IN2OS. The normalized spacial score (nSPS) is 20.4. The van der Waals surface area contributed by atoms with E-state index >= 15 is 0 Å². The van der Waals surface area contributed by atoms with Gasteiger partial charge in [-0.2, -0.15) is 0 Å². The van der Waals surface area contributed by atoms with E-state index in [2.05, 4.69) is 14.1 Å². The number of carbonyl (C=O) groups excluding carboxylic acids is 1. The van der Waals surface area contributed by atoms with Crippen LogP contribution in [0.2, 0.25) is 0 Å². The first-order chi connectivity index (χ1) is 7.74. The van der Waals surface area contributed by atoms with Crippen molar-refractivity contribution in [1.82, 2.24) is 3.53 Å². The van der Waals surface area contributed by atoms with E-state index in [1.54, 1.807) is 16.7 Å². The summed E-state index contributed by atoms with van der Waals surface area (Å²) in [6, 6.07) is 7.93. The van der Waals surface area contributed by atoms with Crippen molar-refractivity contribution in [3.05, 3.63) is 24.3 Å². The zero-order chi connectivity index (χ0) is 11.5. The number of hydrogen-bond donors (Lipinski definition) is 1. The van der Waals surface area contributed by atoms with Crippen LogP contribution in [0.4, 0.5) is 5.69 Å². The number of amides is 1. The van der Waals surface area contributed by atoms with E-state index in [1.165, 1.54) is 4.90 Å². The highest BCUT2D eigenvalue weighted by molar-refractivity contribution is 14.2. The van der Waals surface area contributed by atoms with Crippen molar-refractivity contribution in [2.75, 3.05) is 17.7 Å². The summed E-state index contributed by atoms with van der Waals surface area (Å²) in [4.78, 5) is 15.1. The predicted molar refractivity (Wildman–Crippen MR) is 78.6 cm³/mol. The van der Waals surface area contributed by atoms with Crippen LogP contribution in [-0.4, -0.2) is 29.3 Å². The molecule has 5 heteroatoms. The predicted octanol–water partition coefficient (Wildman–Crippen LogP) is 2.03. The highest BCUT2D eigenvalue weighted by Gasteiger charge is 2.27. The van der Waals surface area contributed by atoms with Crippen molar-refractivity contribution in [2.45, 2.75) is 10.9 Å². The summed E-state index contributed by atoms with van der Waals surface area (Å²) in [5.41, 5.74) is 1.00. The summed E-state index contributed by atoms with van der Waals surface area (Å²) in [5, 5.41) is 0. The fraction of sp³-hybridized carbons (Fsp3) is 0.273. The Morgan fingerprint density at radius 2 is 2.31 bits per heavy atom. The molecule has 1 N–H and O–H groups in total. The van der Waals surface area contributed by atoms with Crippen LogP contribution in [0.5, 0.6) is 0 Å². The van der Waals surface area contributed by atoms with Crippen molar-refractivity contribution in [3.63, 3.8) is 0 Å². The van der Waals surface area contributed by atoms with Gasteiger partial charge >= 0.3 is 0 Å². The summed E-state index contributed by atoms with van der Waals surface area (Å²) in [6.45, 7) is 0. The maximum absolute atomic E-state index is 12.1. The molecule has 0 radical (unpaired) electrons. The molecule has 2 rings (SSSR count). The topological polar surface area (TPSA) is 32.3 Å². The first-order valence-corrected chi connectivity index (χ1v) is 8.45. The van der Waals surface area contributed by atoms with Crippen LogP contribution >= 0.6 is 32.8 Å². The van der Waals surface area contributed by atoms with Gasteiger partial charge in [0, 0.05) is 17.7 Å². The van der Waals surface area contributed by atoms with Gasteiger partial charge in [0.05, 0.1) is 5.69 Å². The average molecular weight is 348 g/mol. The van der Waals surface area contributed by atoms with Gasteiger partial charge in [-0.1, -0.05) is 16.6 Å². The third-order valence-electron chi connectivity index (χ3n) is 2.47. The summed E-state index contributed by atoms with van der Waals surface area (Å²) < 4.78 is 7.06. The van der Waals surface area contributed by atoms with Crippen molar-refractivity contribution in [1.29, 1.82) is 0 Å². The number of benzene rings is 1. The van der Waals surface area contributed by atoms with Gasteiger partial charge in [-0.05, 0) is 33.1 Å². The van der Waals surface area contributed by atoms with Crippen LogP contribution in [0, 0.1) is 0 Å². The Morgan fingerprint density at radius 1 is 1.56 bits per heavy atom. The number of thioether (sulfide) groups is 1. The average Bonchev–Trinajstić information content (AvgIpc) is 2.43. The van der Waals surface area contributed by atoms with Crippen LogP contribution in [0.1, 0.15) is 0 Å². The lowest BCUT2D eigenvalue weighted by atomic mass is 10.2. The number of anilines is 1. The Bertz CT molecular complexity index is 424. The number of rotatable bonds is 2. The highest BCUT2D eigenvalue weighted by Crippen LogP contribution is 2.33. The first-order valence-electron chi connectivity index (χ1n) is 4.86. The van der Waals surface area contributed by atoms with Gasteiger partial charge in [0.25, 0.3) is 0 Å². The van der Waals surface area contributed by atoms with Gasteiger partial charge < -0.3 is 4.90 Å². The van der Waals surface area contributed by atoms with Crippen LogP contribution in [-0.2, 0) is 4.79 Å². The van der Waals surface area contributed by atoms with Gasteiger partial charge in [0.15, 0.2) is 0 Å². The quantitative estimate of drug-likeness (QED) is 0.656. The largest absolute Gasteiger partial charge is 0.313 e. The maximum atomic E-state index is 12.1. The smallest absolute Gasteiger partial charge is 0.245 e. The zero-order valence-corrected chi connectivity index (χ0v) is 11.9. The summed E-state index contributed by atoms with van der Waals surface area (Å²) in [5.74, 6) is 0.927. The third kappa shape index (κ3) is 2.31. The van der Waals surface area contributed by atoms with Crippen molar-refractivity contribution in [3.8, 4) is 0 Å². The van der Waals surface area contributed by atoms with Crippen molar-refractivity contribution in [2.24, 2.45) is 0 Å². The summed E-state index contributed by atoms with van der Waals surface area (Å²) in [6.07, 6.45) is 0. The van der Waals surface area contributed by atoms with Gasteiger partial charge in [0.1, 0.15) is 6.04 Å². The van der Waals surface area contributed by atoms with Crippen molar-refractivity contribution < 1.29 is 4.79 Å². The number of carbonyl (C=O) groups is 1. The number of nitrogens with zero attached hydrogens (tertiary/aromatic N) is 1. The van der Waals surface area contributed by atoms with E-state index in [1.807, 2.05) is 25.2 Å². The molecule has 16 heavy (non-hydrogen) atoms. The molecule has 0 aliphatic carbocycles. The zero-order valence-electron chi connectivity index (χ0n) is 8.94. The van der Waals surface area contributed by atoms with Crippen LogP contribution < -0.4 is 8.43 Å². The second-order valence-electron chi connectivity index (χ2n) is 3.47.